The molecule has 1 unspecified atom stereocenters. The van der Waals surface area contributed by atoms with Crippen LogP contribution in [-0.2, 0) is 0 Å². The number of fused-ring (bicyclic) bond motifs is 4. The summed E-state index contributed by atoms with van der Waals surface area (Å²) in [7, 11) is 4.02. The van der Waals surface area contributed by atoms with E-state index in [-0.39, 0.29) is 17.9 Å². The average molecular weight is 345 g/mol. The number of hydrogen-bond acceptors (Lipinski definition) is 5. The molecule has 1 aromatic heterocycles. The Hall–Kier alpha value is -1.66. The molecule has 0 bridgehead atoms. The van der Waals surface area contributed by atoms with Gasteiger partial charge >= 0.3 is 0 Å². The Labute approximate surface area is 146 Å². The number of nitrogens with zero attached hydrogens (tertiary/aromatic N) is 3. The Kier molecular flexibility index (Phi) is 3.77. The number of anilines is 1. The maximum absolute atomic E-state index is 13.3. The van der Waals surface area contributed by atoms with Crippen LogP contribution >= 0.6 is 11.3 Å². The molecule has 3 aliphatic rings. The Morgan fingerprint density at radius 3 is 2.67 bits per heavy atom. The Bertz CT molecular complexity index is 737. The number of carbonyl (C=O) groups excluding carboxylic acids is 2. The summed E-state index contributed by atoms with van der Waals surface area (Å²) in [6, 6.07) is 0. The first kappa shape index (κ1) is 15.8. The zero-order chi connectivity index (χ0) is 17.0. The first-order valence-corrected chi connectivity index (χ1v) is 9.48. The third kappa shape index (κ3) is 2.16. The van der Waals surface area contributed by atoms with E-state index in [0.717, 1.165) is 46.8 Å². The van der Waals surface area contributed by atoms with Crippen molar-refractivity contribution in [2.45, 2.75) is 44.7 Å². The van der Waals surface area contributed by atoms with Crippen LogP contribution in [0.4, 0.5) is 5.00 Å². The minimum atomic E-state index is 0.0611. The molecule has 3 heterocycles. The fourth-order valence-electron chi connectivity index (χ4n) is 4.12. The molecular weight excluding hydrogens is 322 g/mol. The summed E-state index contributed by atoms with van der Waals surface area (Å²) in [5, 5.41) is 5.20. The van der Waals surface area contributed by atoms with Gasteiger partial charge in [-0.2, -0.15) is 0 Å². The molecule has 4 rings (SSSR count). The van der Waals surface area contributed by atoms with Crippen LogP contribution in [0.5, 0.6) is 0 Å². The molecule has 1 aromatic rings. The lowest BCUT2D eigenvalue weighted by Crippen LogP contribution is -2.58. The van der Waals surface area contributed by atoms with Gasteiger partial charge in [0.25, 0.3) is 5.91 Å². The topological polar surface area (TPSA) is 43.9 Å². The molecule has 1 saturated heterocycles. The number of amides is 1. The van der Waals surface area contributed by atoms with Crippen molar-refractivity contribution in [1.82, 2.24) is 9.91 Å². The Morgan fingerprint density at radius 2 is 1.92 bits per heavy atom. The van der Waals surface area contributed by atoms with Crippen LogP contribution in [-0.4, -0.2) is 48.4 Å². The molecule has 0 N–H and O–H groups in total. The summed E-state index contributed by atoms with van der Waals surface area (Å²) in [6.45, 7) is 4.94. The molecule has 0 saturated carbocycles. The number of ketones is 1. The minimum absolute atomic E-state index is 0.0611. The lowest BCUT2D eigenvalue weighted by Gasteiger charge is -2.46. The third-order valence-corrected chi connectivity index (χ3v) is 6.49. The molecule has 2 aliphatic heterocycles. The second kappa shape index (κ2) is 5.70. The van der Waals surface area contributed by atoms with E-state index in [9.17, 15) is 9.59 Å². The molecule has 128 valence electrons. The van der Waals surface area contributed by atoms with Crippen LogP contribution in [0.2, 0.25) is 0 Å². The number of Topliss-reactive ketones (excluding diaryl/α,β-unsaturated/α-hetero) is 1. The number of hydrogen-bond donors (Lipinski definition) is 0. The van der Waals surface area contributed by atoms with E-state index in [1.54, 1.807) is 0 Å². The predicted octanol–water partition coefficient (Wildman–Crippen LogP) is 3.38. The van der Waals surface area contributed by atoms with Gasteiger partial charge < -0.3 is 4.90 Å². The maximum atomic E-state index is 13.3. The van der Waals surface area contributed by atoms with Gasteiger partial charge in [0.1, 0.15) is 11.2 Å². The van der Waals surface area contributed by atoms with Crippen LogP contribution in [0.25, 0.3) is 5.57 Å². The van der Waals surface area contributed by atoms with Crippen molar-refractivity contribution in [3.05, 3.63) is 22.6 Å². The van der Waals surface area contributed by atoms with Crippen molar-refractivity contribution < 1.29 is 9.59 Å². The van der Waals surface area contributed by atoms with Crippen LogP contribution in [0.15, 0.2) is 6.58 Å². The zero-order valence-electron chi connectivity index (χ0n) is 14.3. The van der Waals surface area contributed by atoms with Gasteiger partial charge in [0.2, 0.25) is 0 Å². The maximum Gasteiger partial charge on any atom is 0.259 e. The summed E-state index contributed by atoms with van der Waals surface area (Å²) in [5.41, 5.74) is 2.47. The average Bonchev–Trinajstić information content (AvgIpc) is 2.78. The van der Waals surface area contributed by atoms with Gasteiger partial charge in [0, 0.05) is 32.6 Å². The van der Waals surface area contributed by atoms with Crippen LogP contribution in [0.3, 0.4) is 0 Å². The van der Waals surface area contributed by atoms with Gasteiger partial charge in [-0.1, -0.05) is 13.0 Å². The Balaban J connectivity index is 1.93. The van der Waals surface area contributed by atoms with Crippen molar-refractivity contribution in [1.29, 1.82) is 0 Å². The predicted molar refractivity (Wildman–Crippen MR) is 96.4 cm³/mol. The van der Waals surface area contributed by atoms with E-state index in [1.807, 2.05) is 19.0 Å². The molecule has 6 heteroatoms. The molecular formula is C18H23N3O2S. The Morgan fingerprint density at radius 1 is 1.12 bits per heavy atom. The van der Waals surface area contributed by atoms with Crippen LogP contribution in [0.1, 0.15) is 64.1 Å². The highest BCUT2D eigenvalue weighted by atomic mass is 32.1. The standard InChI is InChI=1S/C18H23N3O2S/c1-11-8-9-12(22)16-14(11)15-17(23)20-10-6-4-5-7-13(20)21(19(2)3)18(15)24-16/h13H,1,4-10H2,2-3H3. The molecule has 0 radical (unpaired) electrons. The summed E-state index contributed by atoms with van der Waals surface area (Å²) in [4.78, 5) is 28.4. The molecule has 1 atom stereocenters. The number of carbonyl (C=O) groups is 2. The number of hydrazine groups is 1. The van der Waals surface area contributed by atoms with E-state index < -0.39 is 0 Å². The molecule has 1 amide bonds. The van der Waals surface area contributed by atoms with E-state index in [0.29, 0.717) is 18.4 Å². The van der Waals surface area contributed by atoms with Gasteiger partial charge in [0.05, 0.1) is 10.4 Å². The smallest absolute Gasteiger partial charge is 0.259 e. The zero-order valence-corrected chi connectivity index (χ0v) is 15.1. The highest BCUT2D eigenvalue weighted by molar-refractivity contribution is 7.19. The van der Waals surface area contributed by atoms with Crippen molar-refractivity contribution in [3.63, 3.8) is 0 Å². The number of rotatable bonds is 1. The second-order valence-corrected chi connectivity index (χ2v) is 8.03. The normalized spacial score (nSPS) is 24.0. The SMILES string of the molecule is C=C1CCC(=O)c2sc3c(c21)C(=O)N1CCCCCC1N3N(C)C. The fraction of sp³-hybridized carbons (Fsp3) is 0.556. The van der Waals surface area contributed by atoms with Crippen molar-refractivity contribution >= 4 is 33.6 Å². The van der Waals surface area contributed by atoms with Gasteiger partial charge in [0.15, 0.2) is 5.78 Å². The molecule has 1 fully saturated rings. The quantitative estimate of drug-likeness (QED) is 0.783. The monoisotopic (exact) mass is 345 g/mol. The first-order valence-electron chi connectivity index (χ1n) is 8.66. The van der Waals surface area contributed by atoms with Crippen LogP contribution in [0, 0.1) is 0 Å². The number of thiophene rings is 1. The largest absolute Gasteiger partial charge is 0.317 e. The van der Waals surface area contributed by atoms with Crippen molar-refractivity contribution in [3.8, 4) is 0 Å². The highest BCUT2D eigenvalue weighted by Crippen LogP contribution is 2.48. The molecule has 5 nitrogen and oxygen atoms in total. The van der Waals surface area contributed by atoms with E-state index in [1.165, 1.54) is 17.8 Å². The molecule has 24 heavy (non-hydrogen) atoms. The fourth-order valence-corrected chi connectivity index (χ4v) is 5.55. The summed E-state index contributed by atoms with van der Waals surface area (Å²) in [6.07, 6.45) is 5.54. The summed E-state index contributed by atoms with van der Waals surface area (Å²) >= 11 is 1.48. The molecule has 0 spiro atoms. The second-order valence-electron chi connectivity index (χ2n) is 7.03. The number of allylic oxidation sites excluding steroid dienone is 1. The van der Waals surface area contributed by atoms with Gasteiger partial charge in [-0.05, 0) is 31.3 Å². The molecule has 1 aliphatic carbocycles. The molecule has 0 aromatic carbocycles. The first-order chi connectivity index (χ1) is 11.5. The summed E-state index contributed by atoms with van der Waals surface area (Å²) < 4.78 is 0. The van der Waals surface area contributed by atoms with Crippen molar-refractivity contribution in [2.24, 2.45) is 0 Å². The minimum Gasteiger partial charge on any atom is -0.317 e. The van der Waals surface area contributed by atoms with Gasteiger partial charge in [-0.15, -0.1) is 11.3 Å². The van der Waals surface area contributed by atoms with Crippen molar-refractivity contribution in [2.75, 3.05) is 25.6 Å². The van der Waals surface area contributed by atoms with Gasteiger partial charge in [-0.25, -0.2) is 5.01 Å². The summed E-state index contributed by atoms with van der Waals surface area (Å²) in [5.74, 6) is 0.238. The lowest BCUT2D eigenvalue weighted by atomic mass is 9.89. The van der Waals surface area contributed by atoms with Crippen LogP contribution < -0.4 is 5.01 Å². The van der Waals surface area contributed by atoms with E-state index >= 15 is 0 Å². The van der Waals surface area contributed by atoms with Gasteiger partial charge in [-0.3, -0.25) is 14.6 Å². The lowest BCUT2D eigenvalue weighted by molar-refractivity contribution is 0.0594. The van der Waals surface area contributed by atoms with E-state index in [2.05, 4.69) is 16.6 Å². The van der Waals surface area contributed by atoms with E-state index in [4.69, 9.17) is 0 Å². The highest BCUT2D eigenvalue weighted by Gasteiger charge is 2.44. The third-order valence-electron chi connectivity index (χ3n) is 5.27.